The Morgan fingerprint density at radius 3 is 2.61 bits per heavy atom. The van der Waals surface area contributed by atoms with Crippen molar-refractivity contribution in [1.29, 1.82) is 0 Å². The fourth-order valence-corrected chi connectivity index (χ4v) is 5.44. The molecule has 2 heterocycles. The zero-order valence-corrected chi connectivity index (χ0v) is 18.2. The van der Waals surface area contributed by atoms with Gasteiger partial charge < -0.3 is 9.84 Å². The summed E-state index contributed by atoms with van der Waals surface area (Å²) in [6.45, 7) is 3.72. The molecular formula is C21H25N3O6S. The lowest BCUT2D eigenvalue weighted by atomic mass is 9.84. The van der Waals surface area contributed by atoms with Crippen LogP contribution in [0.3, 0.4) is 0 Å². The number of sulfone groups is 1. The molecule has 1 aliphatic heterocycles. The van der Waals surface area contributed by atoms with Crippen LogP contribution in [0.5, 0.6) is 0 Å². The van der Waals surface area contributed by atoms with E-state index in [1.54, 1.807) is 32.0 Å². The molecule has 1 aliphatic rings. The van der Waals surface area contributed by atoms with Crippen LogP contribution in [-0.4, -0.2) is 48.6 Å². The molecule has 0 spiro atoms. The molecule has 0 saturated carbocycles. The lowest BCUT2D eigenvalue weighted by Gasteiger charge is -2.22. The van der Waals surface area contributed by atoms with Crippen LogP contribution in [0.1, 0.15) is 31.7 Å². The van der Waals surface area contributed by atoms with Gasteiger partial charge in [0.05, 0.1) is 10.6 Å². The summed E-state index contributed by atoms with van der Waals surface area (Å²) in [6.07, 6.45) is 0.116. The maximum Gasteiger partial charge on any atom is 0.287 e. The number of aromatic nitrogens is 2. The molecule has 10 heteroatoms. The highest BCUT2D eigenvalue weighted by Crippen LogP contribution is 2.25. The summed E-state index contributed by atoms with van der Waals surface area (Å²) in [7, 11) is -3.70. The number of carbonyl (C=O) groups excluding carboxylic acids is 3. The Labute approximate surface area is 180 Å². The van der Waals surface area contributed by atoms with Gasteiger partial charge in [0, 0.05) is 42.9 Å². The Balaban J connectivity index is 1.82. The number of ketones is 2. The number of nitrogens with zero attached hydrogens (tertiary/aromatic N) is 2. The Kier molecular flexibility index (Phi) is 6.99. The second kappa shape index (κ2) is 9.51. The van der Waals surface area contributed by atoms with E-state index in [-0.39, 0.29) is 41.7 Å². The summed E-state index contributed by atoms with van der Waals surface area (Å²) in [6, 6.07) is 7.94. The predicted molar refractivity (Wildman–Crippen MR) is 110 cm³/mol. The molecule has 1 N–H and O–H groups in total. The van der Waals surface area contributed by atoms with Crippen LogP contribution in [-0.2, 0) is 37.1 Å². The molecule has 1 aromatic heterocycles. The Morgan fingerprint density at radius 2 is 1.94 bits per heavy atom. The molecule has 0 fully saturated rings. The molecule has 9 nitrogen and oxygen atoms in total. The monoisotopic (exact) mass is 447 g/mol. The zero-order valence-electron chi connectivity index (χ0n) is 17.4. The quantitative estimate of drug-likeness (QED) is 0.625. The van der Waals surface area contributed by atoms with Gasteiger partial charge >= 0.3 is 0 Å². The van der Waals surface area contributed by atoms with Gasteiger partial charge in [-0.2, -0.15) is 0 Å². The van der Waals surface area contributed by atoms with Crippen molar-refractivity contribution in [3.05, 3.63) is 41.8 Å². The highest BCUT2D eigenvalue weighted by molar-refractivity contribution is 7.91. The average Bonchev–Trinajstić information content (AvgIpc) is 3.18. The van der Waals surface area contributed by atoms with Crippen molar-refractivity contribution < 1.29 is 27.3 Å². The van der Waals surface area contributed by atoms with Crippen LogP contribution in [0.4, 0.5) is 0 Å². The Hall–Kier alpha value is -2.88. The molecule has 2 atom stereocenters. The van der Waals surface area contributed by atoms with Gasteiger partial charge in [-0.25, -0.2) is 8.42 Å². The number of hydrogen-bond acceptors (Lipinski definition) is 8. The van der Waals surface area contributed by atoms with Crippen LogP contribution in [0, 0.1) is 17.8 Å². The van der Waals surface area contributed by atoms with Gasteiger partial charge in [-0.05, 0) is 18.1 Å². The lowest BCUT2D eigenvalue weighted by Crippen LogP contribution is -2.38. The molecule has 1 amide bonds. The van der Waals surface area contributed by atoms with Crippen molar-refractivity contribution in [2.75, 3.05) is 12.3 Å². The fourth-order valence-electron chi connectivity index (χ4n) is 3.64. The molecule has 2 unspecified atom stereocenters. The van der Waals surface area contributed by atoms with Crippen LogP contribution in [0.2, 0.25) is 0 Å². The third kappa shape index (κ3) is 5.43. The Bertz CT molecular complexity index is 1060. The standard InChI is InChI=1S/C21H25N3O6S/c1-13(2)16(12-31(28,29)15-6-4-3-5-7-15)18(25)11-14-10-17-19(30-24-23-17)8-9-22-21(27)20(14)26/h3-7,13-14,16H,8-12H2,1-2H3,(H,22,27). The van der Waals surface area contributed by atoms with Crippen molar-refractivity contribution in [2.45, 2.75) is 38.0 Å². The average molecular weight is 448 g/mol. The molecule has 1 aromatic carbocycles. The maximum absolute atomic E-state index is 13.1. The largest absolute Gasteiger partial charge is 0.349 e. The smallest absolute Gasteiger partial charge is 0.287 e. The van der Waals surface area contributed by atoms with Crippen molar-refractivity contribution in [3.8, 4) is 0 Å². The number of rotatable bonds is 7. The number of fused-ring (bicyclic) bond motifs is 1. The number of carbonyl (C=O) groups is 3. The predicted octanol–water partition coefficient (Wildman–Crippen LogP) is 1.17. The van der Waals surface area contributed by atoms with Gasteiger partial charge in [0.2, 0.25) is 5.78 Å². The van der Waals surface area contributed by atoms with Crippen molar-refractivity contribution >= 4 is 27.3 Å². The van der Waals surface area contributed by atoms with E-state index < -0.39 is 33.4 Å². The molecule has 3 rings (SSSR count). The minimum Gasteiger partial charge on any atom is -0.349 e. The van der Waals surface area contributed by atoms with Gasteiger partial charge in [0.25, 0.3) is 5.91 Å². The van der Waals surface area contributed by atoms with Crippen molar-refractivity contribution in [2.24, 2.45) is 17.8 Å². The molecule has 0 radical (unpaired) electrons. The fraction of sp³-hybridized carbons (Fsp3) is 0.476. The SMILES string of the molecule is CC(C)C(CS(=O)(=O)c1ccccc1)C(=O)CC1Cc2nnoc2CCNC(=O)C1=O. The van der Waals surface area contributed by atoms with E-state index in [2.05, 4.69) is 15.7 Å². The maximum atomic E-state index is 13.1. The molecule has 31 heavy (non-hydrogen) atoms. The summed E-state index contributed by atoms with van der Waals surface area (Å²) < 4.78 is 30.7. The van der Waals surface area contributed by atoms with Crippen molar-refractivity contribution in [1.82, 2.24) is 15.7 Å². The number of benzene rings is 1. The normalized spacial score (nSPS) is 18.5. The summed E-state index contributed by atoms with van der Waals surface area (Å²) in [5, 5.41) is 9.90. The molecule has 166 valence electrons. The van der Waals surface area contributed by atoms with Crippen molar-refractivity contribution in [3.63, 3.8) is 0 Å². The van der Waals surface area contributed by atoms with E-state index in [0.29, 0.717) is 17.9 Å². The molecule has 2 aromatic rings. The molecule has 0 bridgehead atoms. The van der Waals surface area contributed by atoms with E-state index >= 15 is 0 Å². The van der Waals surface area contributed by atoms with E-state index in [1.807, 2.05) is 0 Å². The summed E-state index contributed by atoms with van der Waals surface area (Å²) >= 11 is 0. The van der Waals surface area contributed by atoms with Crippen LogP contribution in [0.25, 0.3) is 0 Å². The second-order valence-corrected chi connectivity index (χ2v) is 10.1. The van der Waals surface area contributed by atoms with Crippen LogP contribution < -0.4 is 5.32 Å². The van der Waals surface area contributed by atoms with Gasteiger partial charge in [-0.3, -0.25) is 14.4 Å². The van der Waals surface area contributed by atoms with Gasteiger partial charge in [0.1, 0.15) is 11.5 Å². The number of nitrogens with one attached hydrogen (secondary N) is 1. The first-order valence-corrected chi connectivity index (χ1v) is 11.8. The highest BCUT2D eigenvalue weighted by atomic mass is 32.2. The highest BCUT2D eigenvalue weighted by Gasteiger charge is 2.35. The van der Waals surface area contributed by atoms with Crippen LogP contribution in [0.15, 0.2) is 39.8 Å². The van der Waals surface area contributed by atoms with E-state index in [4.69, 9.17) is 4.52 Å². The number of hydrogen-bond donors (Lipinski definition) is 1. The minimum absolute atomic E-state index is 0.0348. The van der Waals surface area contributed by atoms with E-state index in [9.17, 15) is 22.8 Å². The first-order valence-electron chi connectivity index (χ1n) is 10.1. The topological polar surface area (TPSA) is 136 Å². The first kappa shape index (κ1) is 22.8. The lowest BCUT2D eigenvalue weighted by molar-refractivity contribution is -0.141. The first-order chi connectivity index (χ1) is 14.7. The van der Waals surface area contributed by atoms with E-state index in [0.717, 1.165) is 0 Å². The van der Waals surface area contributed by atoms with Gasteiger partial charge in [-0.1, -0.05) is 32.0 Å². The van der Waals surface area contributed by atoms with Crippen LogP contribution >= 0.6 is 0 Å². The summed E-state index contributed by atoms with van der Waals surface area (Å²) in [4.78, 5) is 38.1. The van der Waals surface area contributed by atoms with Gasteiger partial charge in [-0.15, -0.1) is 5.10 Å². The third-order valence-electron chi connectivity index (χ3n) is 5.47. The summed E-state index contributed by atoms with van der Waals surface area (Å²) in [5.74, 6) is -3.82. The Morgan fingerprint density at radius 1 is 1.23 bits per heavy atom. The zero-order chi connectivity index (χ0) is 22.6. The minimum atomic E-state index is -3.70. The number of amides is 1. The second-order valence-electron chi connectivity index (χ2n) is 8.03. The molecule has 0 saturated heterocycles. The van der Waals surface area contributed by atoms with Gasteiger partial charge in [0.15, 0.2) is 15.6 Å². The third-order valence-corrected chi connectivity index (χ3v) is 7.26. The number of Topliss-reactive ketones (excluding diaryl/α,β-unsaturated/α-hetero) is 2. The summed E-state index contributed by atoms with van der Waals surface area (Å²) in [5.41, 5.74) is 0.431. The molecule has 0 aliphatic carbocycles. The molecular weight excluding hydrogens is 422 g/mol. The van der Waals surface area contributed by atoms with E-state index in [1.165, 1.54) is 12.1 Å².